The van der Waals surface area contributed by atoms with Crippen LogP contribution in [0.2, 0.25) is 7.35 Å². The Balaban J connectivity index is 0. The van der Waals surface area contributed by atoms with E-state index >= 15 is 0 Å². The minimum absolute atomic E-state index is 0. The summed E-state index contributed by atoms with van der Waals surface area (Å²) in [6.45, 7) is 9.39. The molecule has 0 heterocycles. The zero-order valence-corrected chi connectivity index (χ0v) is 10.3. The van der Waals surface area contributed by atoms with Crippen molar-refractivity contribution in [2.24, 2.45) is 0 Å². The van der Waals surface area contributed by atoms with Gasteiger partial charge in [-0.05, 0) is 0 Å². The standard InChI is InChI=1S/2C3H7.ClH.In/c2*1-3-2;;/h2*3H,1-2H3;1H;. The molecule has 0 saturated heterocycles. The van der Waals surface area contributed by atoms with Crippen molar-refractivity contribution in [3.05, 3.63) is 0 Å². The Bertz CT molecular complexity index is 37.8. The van der Waals surface area contributed by atoms with Crippen LogP contribution in [0.3, 0.4) is 0 Å². The fourth-order valence-electron chi connectivity index (χ4n) is 0.770. The third-order valence-electron chi connectivity index (χ3n) is 0.770. The van der Waals surface area contributed by atoms with Crippen LogP contribution in [0.25, 0.3) is 0 Å². The van der Waals surface area contributed by atoms with Crippen LogP contribution in [0.15, 0.2) is 0 Å². The topological polar surface area (TPSA) is 0 Å². The van der Waals surface area contributed by atoms with E-state index in [1.165, 1.54) is 0 Å². The summed E-state index contributed by atoms with van der Waals surface area (Å²) in [5.74, 6) is 0. The fraction of sp³-hybridized carbons (Fsp3) is 1.00. The summed E-state index contributed by atoms with van der Waals surface area (Å²) in [6, 6.07) is 0. The molecule has 8 heavy (non-hydrogen) atoms. The van der Waals surface area contributed by atoms with E-state index in [0.29, 0.717) is 0 Å². The molecule has 0 N–H and O–H groups in total. The first kappa shape index (κ1) is 11.9. The Morgan fingerprint density at radius 3 is 1.12 bits per heavy atom. The molecule has 0 unspecified atom stereocenters. The summed E-state index contributed by atoms with van der Waals surface area (Å²) in [7, 11) is 0. The molecule has 0 saturated carbocycles. The molecule has 0 fully saturated rings. The van der Waals surface area contributed by atoms with Crippen LogP contribution in [-0.4, -0.2) is 22.9 Å². The van der Waals surface area contributed by atoms with E-state index in [9.17, 15) is 0 Å². The summed E-state index contributed by atoms with van der Waals surface area (Å²) >= 11 is -0.117. The third-order valence-corrected chi connectivity index (χ3v) is 5.16. The van der Waals surface area contributed by atoms with Crippen molar-refractivity contribution in [3.63, 3.8) is 0 Å². The number of halogens is 1. The molecule has 0 rings (SSSR count). The summed E-state index contributed by atoms with van der Waals surface area (Å²) in [6.07, 6.45) is 0. The molecule has 0 aromatic rings. The van der Waals surface area contributed by atoms with Crippen LogP contribution in [0.5, 0.6) is 0 Å². The minimum Gasteiger partial charge on any atom is -0.147 e. The van der Waals surface area contributed by atoms with Gasteiger partial charge in [0.25, 0.3) is 0 Å². The Kier molecular flexibility index (Phi) is 9.34. The predicted octanol–water partition coefficient (Wildman–Crippen LogP) is 2.77. The molecule has 0 amide bonds. The second-order valence-corrected chi connectivity index (χ2v) is 11.4. The van der Waals surface area contributed by atoms with Crippen LogP contribution < -0.4 is 0 Å². The predicted molar refractivity (Wildman–Crippen MR) is 43.2 cm³/mol. The van der Waals surface area contributed by atoms with Gasteiger partial charge in [-0.2, -0.15) is 0 Å². The van der Waals surface area contributed by atoms with Gasteiger partial charge < -0.3 is 0 Å². The summed E-state index contributed by atoms with van der Waals surface area (Å²) < 4.78 is 2.13. The number of hydrogen-bond acceptors (Lipinski definition) is 0. The molecule has 0 aliphatic carbocycles. The van der Waals surface area contributed by atoms with E-state index < -0.39 is 0 Å². The Morgan fingerprint density at radius 2 is 1.12 bits per heavy atom. The van der Waals surface area contributed by atoms with Gasteiger partial charge in [0.2, 0.25) is 0 Å². The maximum atomic E-state index is 2.35. The van der Waals surface area contributed by atoms with Gasteiger partial charge in [-0.1, -0.05) is 0 Å². The SMILES string of the molecule is C[CH](C)[In][CH](C)C.Cl. The Morgan fingerprint density at radius 1 is 0.875 bits per heavy atom. The van der Waals surface area contributed by atoms with Crippen molar-refractivity contribution in [3.8, 4) is 0 Å². The minimum atomic E-state index is -0.117. The van der Waals surface area contributed by atoms with Crippen molar-refractivity contribution in [1.29, 1.82) is 0 Å². The molecule has 0 spiro atoms. The smallest absolute Gasteiger partial charge is 0.147 e. The monoisotopic (exact) mass is 237 g/mol. The van der Waals surface area contributed by atoms with Gasteiger partial charge in [0.15, 0.2) is 0 Å². The average molecular weight is 237 g/mol. The van der Waals surface area contributed by atoms with Gasteiger partial charge in [-0.25, -0.2) is 0 Å². The van der Waals surface area contributed by atoms with Crippen LogP contribution in [0.1, 0.15) is 27.7 Å². The average Bonchev–Trinajstić information content (AvgIpc) is 1.27. The largest absolute Gasteiger partial charge is 0.147 e. The normalized spacial score (nSPS) is 9.25. The first-order chi connectivity index (χ1) is 3.13. The van der Waals surface area contributed by atoms with Crippen LogP contribution in [-0.2, 0) is 0 Å². The first-order valence-corrected chi connectivity index (χ1v) is 6.78. The van der Waals surface area contributed by atoms with Gasteiger partial charge in [0, 0.05) is 0 Å². The molecule has 0 aliphatic rings. The van der Waals surface area contributed by atoms with Crippen LogP contribution in [0, 0.1) is 0 Å². The summed E-state index contributed by atoms with van der Waals surface area (Å²) in [5.41, 5.74) is 0. The van der Waals surface area contributed by atoms with E-state index in [2.05, 4.69) is 27.7 Å². The molecular formula is C6H15ClIn. The molecule has 0 aromatic heterocycles. The second kappa shape index (κ2) is 6.28. The summed E-state index contributed by atoms with van der Waals surface area (Å²) in [5, 5.41) is 0. The second-order valence-electron chi connectivity index (χ2n) is 2.68. The molecule has 0 atom stereocenters. The van der Waals surface area contributed by atoms with E-state index in [4.69, 9.17) is 0 Å². The maximum Gasteiger partial charge on any atom is -0.147 e. The van der Waals surface area contributed by atoms with Crippen molar-refractivity contribution in [2.45, 2.75) is 35.0 Å². The quantitative estimate of drug-likeness (QED) is 0.693. The molecular weight excluding hydrogens is 222 g/mol. The van der Waals surface area contributed by atoms with E-state index in [0.717, 1.165) is 7.35 Å². The summed E-state index contributed by atoms with van der Waals surface area (Å²) in [4.78, 5) is 0. The van der Waals surface area contributed by atoms with Crippen LogP contribution >= 0.6 is 12.4 Å². The van der Waals surface area contributed by atoms with Crippen molar-refractivity contribution in [1.82, 2.24) is 0 Å². The van der Waals surface area contributed by atoms with E-state index in [1.54, 1.807) is 0 Å². The maximum absolute atomic E-state index is 2.35. The Hall–Kier alpha value is 1.16. The van der Waals surface area contributed by atoms with Gasteiger partial charge in [-0.15, -0.1) is 12.4 Å². The zero-order valence-electron chi connectivity index (χ0n) is 6.14. The van der Waals surface area contributed by atoms with Crippen molar-refractivity contribution < 1.29 is 0 Å². The van der Waals surface area contributed by atoms with Gasteiger partial charge in [-0.3, -0.25) is 0 Å². The van der Waals surface area contributed by atoms with Crippen LogP contribution in [0.4, 0.5) is 0 Å². The fourth-order valence-corrected chi connectivity index (χ4v) is 5.16. The van der Waals surface area contributed by atoms with Gasteiger partial charge in [0.05, 0.1) is 0 Å². The molecule has 1 radical (unpaired) electrons. The molecule has 0 nitrogen and oxygen atoms in total. The molecule has 49 valence electrons. The molecule has 2 heteroatoms. The molecule has 0 aromatic carbocycles. The number of hydrogen-bond donors (Lipinski definition) is 0. The number of rotatable bonds is 2. The first-order valence-electron chi connectivity index (χ1n) is 2.98. The van der Waals surface area contributed by atoms with E-state index in [-0.39, 0.29) is 35.3 Å². The van der Waals surface area contributed by atoms with Gasteiger partial charge in [0.1, 0.15) is 0 Å². The Labute approximate surface area is 70.2 Å². The van der Waals surface area contributed by atoms with E-state index in [1.807, 2.05) is 0 Å². The third kappa shape index (κ3) is 10.2. The molecule has 0 bridgehead atoms. The van der Waals surface area contributed by atoms with Crippen molar-refractivity contribution in [2.75, 3.05) is 0 Å². The molecule has 0 aliphatic heterocycles. The van der Waals surface area contributed by atoms with Crippen molar-refractivity contribution >= 4 is 35.3 Å². The zero-order chi connectivity index (χ0) is 5.86. The van der Waals surface area contributed by atoms with Gasteiger partial charge >= 0.3 is 58.0 Å².